The number of rotatable bonds is 5. The zero-order chi connectivity index (χ0) is 10.2. The molecule has 1 N–H and O–H groups in total. The minimum absolute atomic E-state index is 0.253. The molecule has 1 rings (SSSR count). The Morgan fingerprint density at radius 1 is 1.64 bits per heavy atom. The molecule has 1 aliphatic rings. The number of nitrogens with zero attached hydrogens (tertiary/aromatic N) is 1. The first-order valence-electron chi connectivity index (χ1n) is 4.78. The normalized spacial score (nSPS) is 23.6. The summed E-state index contributed by atoms with van der Waals surface area (Å²) in [5, 5.41) is 7.18. The van der Waals surface area contributed by atoms with E-state index in [0.29, 0.717) is 19.8 Å². The van der Waals surface area contributed by atoms with Crippen molar-refractivity contribution in [3.05, 3.63) is 0 Å². The first-order valence-corrected chi connectivity index (χ1v) is 4.78. The second kappa shape index (κ2) is 6.75. The van der Waals surface area contributed by atoms with Crippen LogP contribution < -0.4 is 5.32 Å². The molecule has 0 spiro atoms. The van der Waals surface area contributed by atoms with E-state index in [2.05, 4.69) is 10.5 Å². The molecule has 0 aliphatic carbocycles. The van der Waals surface area contributed by atoms with Gasteiger partial charge in [0.05, 0.1) is 31.6 Å². The standard InChI is InChI=1S/C9H18N2O3/c1-8(5-12-2)11-14-7-9-6-13-4-3-10-9/h9-10H,3-7H2,1-2H3/b11-8-/t9-/m1/s1. The molecule has 0 saturated carbocycles. The fraction of sp³-hybridized carbons (Fsp3) is 0.889. The monoisotopic (exact) mass is 202 g/mol. The predicted octanol–water partition coefficient (Wildman–Crippen LogP) is 0.0137. The topological polar surface area (TPSA) is 52.1 Å². The van der Waals surface area contributed by atoms with Crippen molar-refractivity contribution in [2.75, 3.05) is 40.1 Å². The van der Waals surface area contributed by atoms with Crippen molar-refractivity contribution in [3.63, 3.8) is 0 Å². The molecule has 5 nitrogen and oxygen atoms in total. The van der Waals surface area contributed by atoms with Crippen molar-refractivity contribution >= 4 is 5.71 Å². The lowest BCUT2D eigenvalue weighted by Gasteiger charge is -2.22. The van der Waals surface area contributed by atoms with Crippen LogP contribution in [-0.4, -0.2) is 51.8 Å². The van der Waals surface area contributed by atoms with Crippen LogP contribution in [0.25, 0.3) is 0 Å². The molecule has 82 valence electrons. The largest absolute Gasteiger partial charge is 0.394 e. The number of oxime groups is 1. The molecular weight excluding hydrogens is 184 g/mol. The predicted molar refractivity (Wildman–Crippen MR) is 53.5 cm³/mol. The van der Waals surface area contributed by atoms with Crippen LogP contribution in [0.2, 0.25) is 0 Å². The Hall–Kier alpha value is -0.650. The van der Waals surface area contributed by atoms with E-state index in [1.807, 2.05) is 6.92 Å². The van der Waals surface area contributed by atoms with Gasteiger partial charge >= 0.3 is 0 Å². The highest BCUT2D eigenvalue weighted by atomic mass is 16.6. The van der Waals surface area contributed by atoms with Crippen LogP contribution >= 0.6 is 0 Å². The van der Waals surface area contributed by atoms with Crippen LogP contribution in [0.1, 0.15) is 6.92 Å². The highest BCUT2D eigenvalue weighted by Crippen LogP contribution is 1.94. The van der Waals surface area contributed by atoms with E-state index in [0.717, 1.165) is 18.9 Å². The molecular formula is C9H18N2O3. The van der Waals surface area contributed by atoms with Crippen LogP contribution in [0.3, 0.4) is 0 Å². The number of hydrogen-bond donors (Lipinski definition) is 1. The van der Waals surface area contributed by atoms with Gasteiger partial charge in [0.1, 0.15) is 6.61 Å². The van der Waals surface area contributed by atoms with Crippen LogP contribution in [0.15, 0.2) is 5.16 Å². The molecule has 5 heteroatoms. The summed E-state index contributed by atoms with van der Waals surface area (Å²) in [6.45, 7) is 5.28. The van der Waals surface area contributed by atoms with E-state index in [4.69, 9.17) is 14.3 Å². The Labute approximate surface area is 84.4 Å². The summed E-state index contributed by atoms with van der Waals surface area (Å²) in [5.41, 5.74) is 0.837. The lowest BCUT2D eigenvalue weighted by molar-refractivity contribution is 0.0304. The Balaban J connectivity index is 2.09. The highest BCUT2D eigenvalue weighted by molar-refractivity contribution is 5.82. The third-order valence-electron chi connectivity index (χ3n) is 1.85. The van der Waals surface area contributed by atoms with Gasteiger partial charge in [-0.1, -0.05) is 5.16 Å². The van der Waals surface area contributed by atoms with Gasteiger partial charge in [0.15, 0.2) is 0 Å². The number of ether oxygens (including phenoxy) is 2. The number of hydrogen-bond acceptors (Lipinski definition) is 5. The lowest BCUT2D eigenvalue weighted by atomic mass is 10.3. The molecule has 0 unspecified atom stereocenters. The van der Waals surface area contributed by atoms with Crippen LogP contribution in [0, 0.1) is 0 Å². The molecule has 14 heavy (non-hydrogen) atoms. The van der Waals surface area contributed by atoms with E-state index in [-0.39, 0.29) is 6.04 Å². The minimum Gasteiger partial charge on any atom is -0.394 e. The van der Waals surface area contributed by atoms with E-state index in [9.17, 15) is 0 Å². The second-order valence-electron chi connectivity index (χ2n) is 3.28. The summed E-state index contributed by atoms with van der Waals surface area (Å²) in [6, 6.07) is 0.253. The summed E-state index contributed by atoms with van der Waals surface area (Å²) in [6.07, 6.45) is 0. The van der Waals surface area contributed by atoms with Gasteiger partial charge < -0.3 is 19.6 Å². The minimum atomic E-state index is 0.253. The van der Waals surface area contributed by atoms with Crippen LogP contribution in [-0.2, 0) is 14.3 Å². The van der Waals surface area contributed by atoms with Crippen molar-refractivity contribution in [1.82, 2.24) is 5.32 Å². The quantitative estimate of drug-likeness (QED) is 0.504. The van der Waals surface area contributed by atoms with Gasteiger partial charge in [-0.05, 0) is 6.92 Å². The third kappa shape index (κ3) is 4.55. The van der Waals surface area contributed by atoms with Crippen molar-refractivity contribution in [3.8, 4) is 0 Å². The van der Waals surface area contributed by atoms with Crippen molar-refractivity contribution in [2.24, 2.45) is 5.16 Å². The Morgan fingerprint density at radius 2 is 2.50 bits per heavy atom. The molecule has 1 atom stereocenters. The fourth-order valence-electron chi connectivity index (χ4n) is 1.20. The van der Waals surface area contributed by atoms with E-state index < -0.39 is 0 Å². The zero-order valence-electron chi connectivity index (χ0n) is 8.78. The fourth-order valence-corrected chi connectivity index (χ4v) is 1.20. The van der Waals surface area contributed by atoms with Crippen molar-refractivity contribution < 1.29 is 14.3 Å². The lowest BCUT2D eigenvalue weighted by Crippen LogP contribution is -2.43. The van der Waals surface area contributed by atoms with Crippen molar-refractivity contribution in [1.29, 1.82) is 0 Å². The van der Waals surface area contributed by atoms with E-state index in [1.165, 1.54) is 0 Å². The van der Waals surface area contributed by atoms with Gasteiger partial charge in [0.25, 0.3) is 0 Å². The van der Waals surface area contributed by atoms with Gasteiger partial charge in [-0.25, -0.2) is 0 Å². The molecule has 1 saturated heterocycles. The molecule has 0 aromatic rings. The van der Waals surface area contributed by atoms with Gasteiger partial charge in [0, 0.05) is 13.7 Å². The Bertz CT molecular complexity index is 179. The summed E-state index contributed by atoms with van der Waals surface area (Å²) in [5.74, 6) is 0. The molecule has 1 aliphatic heterocycles. The van der Waals surface area contributed by atoms with Crippen LogP contribution in [0.5, 0.6) is 0 Å². The average molecular weight is 202 g/mol. The van der Waals surface area contributed by atoms with Crippen molar-refractivity contribution in [2.45, 2.75) is 13.0 Å². The third-order valence-corrected chi connectivity index (χ3v) is 1.85. The van der Waals surface area contributed by atoms with Crippen LogP contribution in [0.4, 0.5) is 0 Å². The Kier molecular flexibility index (Phi) is 5.51. The zero-order valence-corrected chi connectivity index (χ0v) is 8.78. The molecule has 0 aromatic carbocycles. The molecule has 0 bridgehead atoms. The summed E-state index contributed by atoms with van der Waals surface area (Å²) >= 11 is 0. The molecule has 0 aromatic heterocycles. The number of methoxy groups -OCH3 is 1. The van der Waals surface area contributed by atoms with E-state index >= 15 is 0 Å². The summed E-state index contributed by atoms with van der Waals surface area (Å²) in [7, 11) is 1.63. The maximum Gasteiger partial charge on any atom is 0.134 e. The summed E-state index contributed by atoms with van der Waals surface area (Å²) in [4.78, 5) is 5.15. The summed E-state index contributed by atoms with van der Waals surface area (Å²) < 4.78 is 10.2. The highest BCUT2D eigenvalue weighted by Gasteiger charge is 2.12. The van der Waals surface area contributed by atoms with Gasteiger partial charge in [-0.2, -0.15) is 0 Å². The number of morpholine rings is 1. The van der Waals surface area contributed by atoms with Gasteiger partial charge in [-0.3, -0.25) is 0 Å². The van der Waals surface area contributed by atoms with E-state index in [1.54, 1.807) is 7.11 Å². The second-order valence-corrected chi connectivity index (χ2v) is 3.28. The Morgan fingerprint density at radius 3 is 3.14 bits per heavy atom. The molecule has 1 heterocycles. The first kappa shape index (κ1) is 11.4. The number of nitrogens with one attached hydrogen (secondary N) is 1. The first-order chi connectivity index (χ1) is 6.83. The smallest absolute Gasteiger partial charge is 0.134 e. The molecule has 1 fully saturated rings. The van der Waals surface area contributed by atoms with Gasteiger partial charge in [0.2, 0.25) is 0 Å². The maximum absolute atomic E-state index is 5.27. The molecule has 0 radical (unpaired) electrons. The molecule has 0 amide bonds. The average Bonchev–Trinajstić information content (AvgIpc) is 2.20. The SMILES string of the molecule is COC/C(C)=N\OC[C@H]1COCCN1. The maximum atomic E-state index is 5.27. The van der Waals surface area contributed by atoms with Gasteiger partial charge in [-0.15, -0.1) is 0 Å².